The number of amides is 1. The standard InChI is InChI=1S/C23H19N3O3S/c1-2-28-17-10-8-16(9-11-17)26-21(25-22(27)18(14-24)23(26)30)20-13-12-19(29-20)15-6-4-3-5-7-15/h3-13,21,30H,2H2,1H3,(H,25,27). The Morgan fingerprint density at radius 3 is 2.53 bits per heavy atom. The normalized spacial score (nSPS) is 16.2. The zero-order chi connectivity index (χ0) is 21.1. The minimum absolute atomic E-state index is 0.0571. The molecule has 0 spiro atoms. The van der Waals surface area contributed by atoms with Crippen molar-refractivity contribution in [3.63, 3.8) is 0 Å². The van der Waals surface area contributed by atoms with Crippen LogP contribution < -0.4 is 15.0 Å². The number of nitrogens with one attached hydrogen (secondary N) is 1. The van der Waals surface area contributed by atoms with Gasteiger partial charge in [0.2, 0.25) is 0 Å². The summed E-state index contributed by atoms with van der Waals surface area (Å²) in [4.78, 5) is 14.2. The molecule has 2 aromatic carbocycles. The highest BCUT2D eigenvalue weighted by Gasteiger charge is 2.35. The van der Waals surface area contributed by atoms with Crippen LogP contribution in [0.1, 0.15) is 18.8 Å². The number of nitrogens with zero attached hydrogens (tertiary/aromatic N) is 2. The number of carbonyl (C=O) groups excluding carboxylic acids is 1. The Labute approximate surface area is 179 Å². The van der Waals surface area contributed by atoms with Gasteiger partial charge >= 0.3 is 0 Å². The lowest BCUT2D eigenvalue weighted by Crippen LogP contribution is -2.45. The molecule has 1 aliphatic heterocycles. The molecule has 2 heterocycles. The molecule has 30 heavy (non-hydrogen) atoms. The van der Waals surface area contributed by atoms with Crippen molar-refractivity contribution < 1.29 is 13.9 Å². The minimum atomic E-state index is -0.655. The quantitative estimate of drug-likeness (QED) is 0.591. The first-order valence-electron chi connectivity index (χ1n) is 9.43. The summed E-state index contributed by atoms with van der Waals surface area (Å²) in [6, 6.07) is 22.7. The zero-order valence-electron chi connectivity index (χ0n) is 16.2. The first-order chi connectivity index (χ1) is 14.6. The smallest absolute Gasteiger partial charge is 0.266 e. The second-order valence-corrected chi connectivity index (χ2v) is 6.97. The summed E-state index contributed by atoms with van der Waals surface area (Å²) in [7, 11) is 0. The summed E-state index contributed by atoms with van der Waals surface area (Å²) in [5.41, 5.74) is 1.61. The molecule has 1 N–H and O–H groups in total. The molecule has 0 fully saturated rings. The van der Waals surface area contributed by atoms with Gasteiger partial charge in [0.15, 0.2) is 6.17 Å². The molecule has 150 valence electrons. The van der Waals surface area contributed by atoms with Crippen molar-refractivity contribution in [1.29, 1.82) is 5.26 Å². The molecule has 1 aromatic heterocycles. The van der Waals surface area contributed by atoms with Crippen LogP contribution in [-0.4, -0.2) is 12.5 Å². The van der Waals surface area contributed by atoms with Crippen LogP contribution in [0.4, 0.5) is 5.69 Å². The van der Waals surface area contributed by atoms with Gasteiger partial charge in [-0.05, 0) is 43.3 Å². The van der Waals surface area contributed by atoms with E-state index in [1.165, 1.54) is 0 Å². The van der Waals surface area contributed by atoms with Gasteiger partial charge in [0.05, 0.1) is 11.6 Å². The van der Waals surface area contributed by atoms with Crippen molar-refractivity contribution in [2.45, 2.75) is 13.1 Å². The molecule has 1 unspecified atom stereocenters. The molecule has 0 saturated carbocycles. The SMILES string of the molecule is CCOc1ccc(N2C(S)=C(C#N)C(=O)NC2c2ccc(-c3ccccc3)o2)cc1. The monoisotopic (exact) mass is 417 g/mol. The van der Waals surface area contributed by atoms with Crippen molar-refractivity contribution >= 4 is 24.2 Å². The molecule has 1 aliphatic rings. The Hall–Kier alpha value is -3.63. The van der Waals surface area contributed by atoms with E-state index in [2.05, 4.69) is 17.9 Å². The van der Waals surface area contributed by atoms with Crippen molar-refractivity contribution in [1.82, 2.24) is 5.32 Å². The molecular weight excluding hydrogens is 398 g/mol. The van der Waals surface area contributed by atoms with Crippen LogP contribution in [0.15, 0.2) is 81.7 Å². The Balaban J connectivity index is 1.75. The molecule has 4 rings (SSSR count). The fraction of sp³-hybridized carbons (Fsp3) is 0.130. The molecular formula is C23H19N3O3S. The highest BCUT2D eigenvalue weighted by Crippen LogP contribution is 2.37. The van der Waals surface area contributed by atoms with E-state index in [-0.39, 0.29) is 10.6 Å². The summed E-state index contributed by atoms with van der Waals surface area (Å²) in [5.74, 6) is 1.45. The number of rotatable bonds is 5. The second kappa shape index (κ2) is 8.39. The average Bonchev–Trinajstić information content (AvgIpc) is 3.26. The predicted octanol–water partition coefficient (Wildman–Crippen LogP) is 4.65. The predicted molar refractivity (Wildman–Crippen MR) is 117 cm³/mol. The summed E-state index contributed by atoms with van der Waals surface area (Å²) >= 11 is 4.50. The van der Waals surface area contributed by atoms with Crippen LogP contribution in [0.2, 0.25) is 0 Å². The van der Waals surface area contributed by atoms with Gasteiger partial charge in [0.25, 0.3) is 5.91 Å². The molecule has 0 bridgehead atoms. The third-order valence-electron chi connectivity index (χ3n) is 4.70. The van der Waals surface area contributed by atoms with Gasteiger partial charge in [-0.1, -0.05) is 30.3 Å². The number of furan rings is 1. The van der Waals surface area contributed by atoms with Gasteiger partial charge in [-0.2, -0.15) is 5.26 Å². The highest BCUT2D eigenvalue weighted by atomic mass is 32.1. The van der Waals surface area contributed by atoms with Gasteiger partial charge in [-0.15, -0.1) is 12.6 Å². The molecule has 6 nitrogen and oxygen atoms in total. The molecule has 0 saturated heterocycles. The molecule has 7 heteroatoms. The topological polar surface area (TPSA) is 78.5 Å². The van der Waals surface area contributed by atoms with E-state index in [0.717, 1.165) is 17.0 Å². The molecule has 3 aromatic rings. The Kier molecular flexibility index (Phi) is 5.50. The third kappa shape index (κ3) is 3.65. The lowest BCUT2D eigenvalue weighted by molar-refractivity contribution is -0.118. The third-order valence-corrected chi connectivity index (χ3v) is 5.14. The summed E-state index contributed by atoms with van der Waals surface area (Å²) in [6.45, 7) is 2.48. The van der Waals surface area contributed by atoms with Crippen LogP contribution in [0.5, 0.6) is 5.75 Å². The van der Waals surface area contributed by atoms with Gasteiger partial charge in [0.1, 0.15) is 28.9 Å². The van der Waals surface area contributed by atoms with E-state index in [4.69, 9.17) is 9.15 Å². The first kappa shape index (κ1) is 19.7. The largest absolute Gasteiger partial charge is 0.494 e. The number of hydrogen-bond donors (Lipinski definition) is 2. The number of anilines is 1. The van der Waals surface area contributed by atoms with Crippen molar-refractivity contribution in [2.24, 2.45) is 0 Å². The maximum Gasteiger partial charge on any atom is 0.266 e. The number of benzene rings is 2. The van der Waals surface area contributed by atoms with Crippen molar-refractivity contribution in [3.05, 3.63) is 83.1 Å². The highest BCUT2D eigenvalue weighted by molar-refractivity contribution is 7.84. The van der Waals surface area contributed by atoms with E-state index >= 15 is 0 Å². The molecule has 0 aliphatic carbocycles. The van der Waals surface area contributed by atoms with Crippen LogP contribution in [-0.2, 0) is 4.79 Å². The van der Waals surface area contributed by atoms with Crippen LogP contribution in [0.25, 0.3) is 11.3 Å². The van der Waals surface area contributed by atoms with E-state index in [0.29, 0.717) is 18.1 Å². The molecule has 1 amide bonds. The van der Waals surface area contributed by atoms with Gasteiger partial charge in [-0.25, -0.2) is 0 Å². The molecule has 0 radical (unpaired) electrons. The lowest BCUT2D eigenvalue weighted by atomic mass is 10.1. The number of carbonyl (C=O) groups is 1. The average molecular weight is 417 g/mol. The summed E-state index contributed by atoms with van der Waals surface area (Å²) < 4.78 is 11.6. The van der Waals surface area contributed by atoms with E-state index in [9.17, 15) is 10.1 Å². The number of hydrogen-bond acceptors (Lipinski definition) is 6. The second-order valence-electron chi connectivity index (χ2n) is 6.55. The summed E-state index contributed by atoms with van der Waals surface area (Å²) in [6.07, 6.45) is -0.655. The van der Waals surface area contributed by atoms with E-state index < -0.39 is 12.1 Å². The minimum Gasteiger partial charge on any atom is -0.494 e. The first-order valence-corrected chi connectivity index (χ1v) is 9.88. The zero-order valence-corrected chi connectivity index (χ0v) is 17.1. The Morgan fingerprint density at radius 1 is 1.13 bits per heavy atom. The number of ether oxygens (including phenoxy) is 1. The number of nitriles is 1. The maximum atomic E-state index is 12.5. The maximum absolute atomic E-state index is 12.5. The fourth-order valence-corrected chi connectivity index (χ4v) is 3.69. The fourth-order valence-electron chi connectivity index (χ4n) is 3.30. The van der Waals surface area contributed by atoms with Crippen molar-refractivity contribution in [2.75, 3.05) is 11.5 Å². The Bertz CT molecular complexity index is 1130. The van der Waals surface area contributed by atoms with Crippen LogP contribution in [0, 0.1) is 11.3 Å². The van der Waals surface area contributed by atoms with E-state index in [1.54, 1.807) is 4.90 Å². The van der Waals surface area contributed by atoms with Crippen LogP contribution in [0.3, 0.4) is 0 Å². The van der Waals surface area contributed by atoms with Gasteiger partial charge in [-0.3, -0.25) is 4.79 Å². The summed E-state index contributed by atoms with van der Waals surface area (Å²) in [5, 5.41) is 12.5. The van der Waals surface area contributed by atoms with Crippen molar-refractivity contribution in [3.8, 4) is 23.1 Å². The van der Waals surface area contributed by atoms with Crippen LogP contribution >= 0.6 is 12.6 Å². The number of thiol groups is 1. The van der Waals surface area contributed by atoms with E-state index in [1.807, 2.05) is 79.7 Å². The van der Waals surface area contributed by atoms with Gasteiger partial charge in [0, 0.05) is 11.3 Å². The lowest BCUT2D eigenvalue weighted by Gasteiger charge is -2.36. The van der Waals surface area contributed by atoms with Gasteiger partial charge < -0.3 is 19.4 Å². The molecule has 1 atom stereocenters. The Morgan fingerprint density at radius 2 is 1.87 bits per heavy atom.